The largest absolute Gasteiger partial charge is 1.00 e. The Bertz CT molecular complexity index is 550. The topological polar surface area (TPSA) is 20.3 Å². The van der Waals surface area contributed by atoms with Gasteiger partial charge in [0, 0.05) is 0 Å². The van der Waals surface area contributed by atoms with E-state index in [0.717, 1.165) is 12.0 Å². The predicted molar refractivity (Wildman–Crippen MR) is 74.1 cm³/mol. The van der Waals surface area contributed by atoms with Crippen molar-refractivity contribution in [1.82, 2.24) is 3.38 Å². The van der Waals surface area contributed by atoms with Crippen molar-refractivity contribution in [2.24, 2.45) is 0 Å². The molecule has 0 fully saturated rings. The molecule has 1 aliphatic carbocycles. The average Bonchev–Trinajstić information content (AvgIpc) is 2.68. The van der Waals surface area contributed by atoms with Gasteiger partial charge in [0.25, 0.3) is 0 Å². The van der Waals surface area contributed by atoms with Gasteiger partial charge in [-0.15, -0.1) is 0 Å². The van der Waals surface area contributed by atoms with Crippen molar-refractivity contribution in [1.29, 1.82) is 0 Å². The van der Waals surface area contributed by atoms with E-state index in [0.29, 0.717) is 6.42 Å². The van der Waals surface area contributed by atoms with Gasteiger partial charge in [-0.3, -0.25) is 0 Å². The number of hydrogen-bond acceptors (Lipinski definition) is 1. The third-order valence-corrected chi connectivity index (χ3v) is 4.85. The molecule has 1 aromatic carbocycles. The first-order valence-corrected chi connectivity index (χ1v) is 7.31. The smallest absolute Gasteiger partial charge is 1.00 e. The maximum absolute atomic E-state index is 12.3. The number of fused-ring (bicyclic) bond motifs is 1. The molecule has 5 heteroatoms. The van der Waals surface area contributed by atoms with Crippen molar-refractivity contribution in [3.05, 3.63) is 40.5 Å². The second-order valence-electron chi connectivity index (χ2n) is 6.23. The molecule has 0 saturated heterocycles. The number of nitrogens with zero attached hydrogens (tertiary/aromatic N) is 1. The molecular weight excluding hydrogens is 341 g/mol. The summed E-state index contributed by atoms with van der Waals surface area (Å²) in [7, 11) is 0. The number of halogens is 2. The quantitative estimate of drug-likeness (QED) is 0.525. The number of rotatable bonds is 2. The zero-order chi connectivity index (χ0) is 14.2. The van der Waals surface area contributed by atoms with Gasteiger partial charge in [0.2, 0.25) is 0 Å². The minimum absolute atomic E-state index is 0. The van der Waals surface area contributed by atoms with Crippen LogP contribution in [-0.2, 0) is 38.3 Å². The van der Waals surface area contributed by atoms with E-state index < -0.39 is 0 Å². The van der Waals surface area contributed by atoms with Crippen LogP contribution < -0.4 is 24.8 Å². The van der Waals surface area contributed by atoms with Crippen LogP contribution >= 0.6 is 0 Å². The van der Waals surface area contributed by atoms with Gasteiger partial charge in [-0.05, 0) is 0 Å². The maximum atomic E-state index is 12.3. The van der Waals surface area contributed by atoms with Crippen molar-refractivity contribution in [3.63, 3.8) is 0 Å². The van der Waals surface area contributed by atoms with Crippen LogP contribution in [-0.4, -0.2) is 14.8 Å². The zero-order valence-corrected chi connectivity index (χ0v) is 15.9. The Hall–Kier alpha value is -0.276. The Kier molecular flexibility index (Phi) is 7.72. The minimum Gasteiger partial charge on any atom is -1.00 e. The van der Waals surface area contributed by atoms with Crippen LogP contribution in [0.5, 0.6) is 0 Å². The second kappa shape index (κ2) is 7.83. The molecule has 2 nitrogen and oxygen atoms in total. The van der Waals surface area contributed by atoms with Gasteiger partial charge < -0.3 is 24.8 Å². The monoisotopic (exact) mass is 360 g/mol. The fraction of sp³-hybridized carbons (Fsp3) is 0.438. The fourth-order valence-electron chi connectivity index (χ4n) is 2.37. The molecule has 21 heavy (non-hydrogen) atoms. The summed E-state index contributed by atoms with van der Waals surface area (Å²) in [5.74, 6) is 0.179. The number of hydrogen-bond donors (Lipinski definition) is 0. The Morgan fingerprint density at radius 1 is 1.29 bits per heavy atom. The van der Waals surface area contributed by atoms with Crippen molar-refractivity contribution in [3.8, 4) is 0 Å². The normalized spacial score (nSPS) is 12.8. The van der Waals surface area contributed by atoms with E-state index >= 15 is 0 Å². The molecule has 0 N–H and O–H groups in total. The molecule has 0 unspecified atom stereocenters. The van der Waals surface area contributed by atoms with E-state index in [-0.39, 0.29) is 36.3 Å². The van der Waals surface area contributed by atoms with E-state index in [2.05, 4.69) is 52.0 Å². The third-order valence-electron chi connectivity index (χ3n) is 3.41. The Morgan fingerprint density at radius 2 is 1.90 bits per heavy atom. The van der Waals surface area contributed by atoms with Crippen LogP contribution in [0.3, 0.4) is 0 Å². The van der Waals surface area contributed by atoms with Crippen LogP contribution in [0.1, 0.15) is 44.4 Å². The fourth-order valence-corrected chi connectivity index (χ4v) is 2.50. The zero-order valence-electron chi connectivity index (χ0n) is 12.8. The van der Waals surface area contributed by atoms with E-state index in [9.17, 15) is 4.79 Å². The number of allylic oxidation sites excluding steroid dienone is 1. The molecular formula is C16H20Cl2NOTi. The number of carbonyl (C=O) groups excluding carboxylic acids is 1. The van der Waals surface area contributed by atoms with Gasteiger partial charge in [0.1, 0.15) is 0 Å². The first-order chi connectivity index (χ1) is 8.79. The van der Waals surface area contributed by atoms with Gasteiger partial charge in [-0.1, -0.05) is 0 Å². The standard InChI is InChI=1S/C16H21NO.2ClH.Ti/c1-11-8-12-6-5-7-13(14(12)9-11)10-15(18)17-16(2,3)4;;;/h5-7,9H,8,10H2,1-4H3,(H,17,18);2*1H;/q;;;+3/p-3. The van der Waals surface area contributed by atoms with Gasteiger partial charge in [-0.25, -0.2) is 0 Å². The van der Waals surface area contributed by atoms with Gasteiger partial charge >= 0.3 is 127 Å². The van der Waals surface area contributed by atoms with E-state index in [4.69, 9.17) is 0 Å². The summed E-state index contributed by atoms with van der Waals surface area (Å²) in [5, 5.41) is 0. The molecule has 0 aromatic heterocycles. The molecule has 0 bridgehead atoms. The van der Waals surface area contributed by atoms with E-state index in [1.54, 1.807) is 0 Å². The minimum atomic E-state index is -0.124. The molecule has 0 atom stereocenters. The molecule has 1 aromatic rings. The summed E-state index contributed by atoms with van der Waals surface area (Å²) in [6, 6.07) is 6.29. The number of benzene rings is 1. The summed E-state index contributed by atoms with van der Waals surface area (Å²) in [4.78, 5) is 12.3. The van der Waals surface area contributed by atoms with Crippen LogP contribution in [0.25, 0.3) is 6.08 Å². The van der Waals surface area contributed by atoms with Gasteiger partial charge in [0.05, 0.1) is 0 Å². The third kappa shape index (κ3) is 4.86. The van der Waals surface area contributed by atoms with Crippen molar-refractivity contribution >= 4 is 12.0 Å². The summed E-state index contributed by atoms with van der Waals surface area (Å²) in [5.41, 5.74) is 5.01. The van der Waals surface area contributed by atoms with Crippen LogP contribution in [0.4, 0.5) is 0 Å². The van der Waals surface area contributed by atoms with Crippen LogP contribution in [0.2, 0.25) is 0 Å². The van der Waals surface area contributed by atoms with E-state index in [1.165, 1.54) is 16.7 Å². The molecule has 0 heterocycles. The number of amides is 1. The van der Waals surface area contributed by atoms with Crippen molar-refractivity contribution < 1.29 is 50.3 Å². The summed E-state index contributed by atoms with van der Waals surface area (Å²) < 4.78 is 1.83. The molecule has 2 rings (SSSR count). The van der Waals surface area contributed by atoms with Crippen molar-refractivity contribution in [2.75, 3.05) is 0 Å². The summed E-state index contributed by atoms with van der Waals surface area (Å²) in [6.45, 7) is 8.33. The first kappa shape index (κ1) is 20.7. The number of carbonyl (C=O) groups is 1. The Balaban J connectivity index is 0.00000200. The summed E-state index contributed by atoms with van der Waals surface area (Å²) in [6.07, 6.45) is 3.72. The molecule has 0 saturated carbocycles. The van der Waals surface area contributed by atoms with Crippen LogP contribution in [0.15, 0.2) is 23.8 Å². The maximum Gasteiger partial charge on any atom is -1.00 e. The van der Waals surface area contributed by atoms with Crippen LogP contribution in [0, 0.1) is 0 Å². The molecule has 1 amide bonds. The van der Waals surface area contributed by atoms with Crippen molar-refractivity contribution in [2.45, 2.75) is 46.1 Å². The SMILES string of the molecule is CC1=Cc2c(CC(=O)[N]([Ti+2])C(C)(C)C)cccc2C1.[Cl-].[Cl-]. The van der Waals surface area contributed by atoms with Gasteiger partial charge in [-0.2, -0.15) is 0 Å². The average molecular weight is 361 g/mol. The first-order valence-electron chi connectivity index (χ1n) is 6.61. The molecule has 113 valence electrons. The Morgan fingerprint density at radius 3 is 2.48 bits per heavy atom. The predicted octanol–water partition coefficient (Wildman–Crippen LogP) is -2.71. The molecule has 1 aliphatic rings. The molecule has 0 aliphatic heterocycles. The summed E-state index contributed by atoms with van der Waals surface area (Å²) >= 11 is 1.88. The van der Waals surface area contributed by atoms with Gasteiger partial charge in [0.15, 0.2) is 0 Å². The Labute approximate surface area is 151 Å². The molecule has 0 radical (unpaired) electrons. The van der Waals surface area contributed by atoms with E-state index in [1.807, 2.05) is 24.1 Å². The second-order valence-corrected chi connectivity index (χ2v) is 6.93. The molecule has 0 spiro atoms.